The van der Waals surface area contributed by atoms with E-state index in [-0.39, 0.29) is 0 Å². The molecule has 0 bridgehead atoms. The molecule has 1 heterocycles. The van der Waals surface area contributed by atoms with Gasteiger partial charge in [-0.2, -0.15) is 0 Å². The minimum Gasteiger partial charge on any atom is -0.478 e. The van der Waals surface area contributed by atoms with Crippen molar-refractivity contribution in [3.63, 3.8) is 0 Å². The highest BCUT2D eigenvalue weighted by Gasteiger charge is 2.47. The van der Waals surface area contributed by atoms with Crippen LogP contribution in [-0.4, -0.2) is 23.2 Å². The summed E-state index contributed by atoms with van der Waals surface area (Å²) in [5.41, 5.74) is 1.88. The molecule has 1 aliphatic carbocycles. The molecule has 3 nitrogen and oxygen atoms in total. The Morgan fingerprint density at radius 1 is 1.13 bits per heavy atom. The lowest BCUT2D eigenvalue weighted by atomic mass is 9.71. The van der Waals surface area contributed by atoms with E-state index in [0.717, 1.165) is 5.69 Å². The summed E-state index contributed by atoms with van der Waals surface area (Å²) in [6.45, 7) is 4.66. The molecular formula is C20H29NO2. The van der Waals surface area contributed by atoms with Crippen LogP contribution < -0.4 is 4.90 Å². The fraction of sp³-hybridized carbons (Fsp3) is 0.650. The molecule has 1 N–H and O–H groups in total. The quantitative estimate of drug-likeness (QED) is 0.825. The second kappa shape index (κ2) is 6.54. The molecule has 126 valence electrons. The fourth-order valence-corrected chi connectivity index (χ4v) is 5.04. The van der Waals surface area contributed by atoms with Gasteiger partial charge in [-0.25, -0.2) is 4.79 Å². The van der Waals surface area contributed by atoms with Crippen LogP contribution in [0.25, 0.3) is 0 Å². The number of carboxylic acids is 1. The van der Waals surface area contributed by atoms with Gasteiger partial charge in [0.15, 0.2) is 0 Å². The van der Waals surface area contributed by atoms with Crippen molar-refractivity contribution < 1.29 is 9.90 Å². The number of anilines is 1. The standard InChI is InChI=1S/C20H29NO2/c1-15-14-20(11-6-4-3-5-7-12-20)16(2)21(15)18-10-8-9-17(13-18)19(22)23/h8-10,13,15-16H,3-7,11-12,14H2,1-2H3,(H,22,23). The van der Waals surface area contributed by atoms with Gasteiger partial charge < -0.3 is 10.0 Å². The lowest BCUT2D eigenvalue weighted by Gasteiger charge is -2.38. The van der Waals surface area contributed by atoms with Gasteiger partial charge in [0.05, 0.1) is 5.56 Å². The molecule has 1 aromatic rings. The molecular weight excluding hydrogens is 286 g/mol. The summed E-state index contributed by atoms with van der Waals surface area (Å²) in [4.78, 5) is 13.8. The smallest absolute Gasteiger partial charge is 0.335 e. The zero-order chi connectivity index (χ0) is 16.4. The number of nitrogens with zero attached hydrogens (tertiary/aromatic N) is 1. The Kier molecular flexibility index (Phi) is 4.65. The number of carboxylic acid groups (broad SMARTS) is 1. The molecule has 0 radical (unpaired) electrons. The van der Waals surface area contributed by atoms with Crippen molar-refractivity contribution in [1.29, 1.82) is 0 Å². The minimum absolute atomic E-state index is 0.389. The number of aromatic carboxylic acids is 1. The van der Waals surface area contributed by atoms with Crippen LogP contribution in [0.5, 0.6) is 0 Å². The van der Waals surface area contributed by atoms with Crippen molar-refractivity contribution in [2.45, 2.75) is 77.3 Å². The van der Waals surface area contributed by atoms with Crippen molar-refractivity contribution in [2.24, 2.45) is 5.41 Å². The number of carbonyl (C=O) groups is 1. The van der Waals surface area contributed by atoms with Crippen LogP contribution in [0.4, 0.5) is 5.69 Å². The molecule has 1 saturated carbocycles. The van der Waals surface area contributed by atoms with Gasteiger partial charge in [0.25, 0.3) is 0 Å². The molecule has 1 saturated heterocycles. The average Bonchev–Trinajstić information content (AvgIpc) is 2.75. The molecule has 1 spiro atoms. The molecule has 1 aromatic carbocycles. The maximum Gasteiger partial charge on any atom is 0.335 e. The molecule has 2 atom stereocenters. The predicted molar refractivity (Wildman–Crippen MR) is 94.2 cm³/mol. The zero-order valence-corrected chi connectivity index (χ0v) is 14.4. The lowest BCUT2D eigenvalue weighted by Crippen LogP contribution is -2.39. The van der Waals surface area contributed by atoms with Gasteiger partial charge in [-0.1, -0.05) is 38.2 Å². The highest BCUT2D eigenvalue weighted by Crippen LogP contribution is 2.50. The molecule has 2 fully saturated rings. The Morgan fingerprint density at radius 3 is 2.43 bits per heavy atom. The Hall–Kier alpha value is -1.51. The Bertz CT molecular complexity index is 561. The Labute approximate surface area is 139 Å². The maximum atomic E-state index is 11.3. The number of hydrogen-bond acceptors (Lipinski definition) is 2. The minimum atomic E-state index is -0.841. The summed E-state index contributed by atoms with van der Waals surface area (Å²) < 4.78 is 0. The third-order valence-corrected chi connectivity index (χ3v) is 6.22. The highest BCUT2D eigenvalue weighted by atomic mass is 16.4. The van der Waals surface area contributed by atoms with E-state index in [9.17, 15) is 9.90 Å². The third-order valence-electron chi connectivity index (χ3n) is 6.22. The van der Waals surface area contributed by atoms with E-state index in [1.807, 2.05) is 12.1 Å². The molecule has 23 heavy (non-hydrogen) atoms. The summed E-state index contributed by atoms with van der Waals surface area (Å²) in [5.74, 6) is -0.841. The normalized spacial score (nSPS) is 27.7. The highest BCUT2D eigenvalue weighted by molar-refractivity contribution is 5.88. The molecule has 3 rings (SSSR count). The number of benzene rings is 1. The molecule has 0 aromatic heterocycles. The SMILES string of the molecule is CC1CC2(CCCCCCC2)C(C)N1c1cccc(C(=O)O)c1. The van der Waals surface area contributed by atoms with E-state index in [1.165, 1.54) is 51.4 Å². The van der Waals surface area contributed by atoms with Crippen LogP contribution in [-0.2, 0) is 0 Å². The summed E-state index contributed by atoms with van der Waals surface area (Å²) in [6, 6.07) is 8.44. The Balaban J connectivity index is 1.88. The van der Waals surface area contributed by atoms with E-state index < -0.39 is 5.97 Å². The fourth-order valence-electron chi connectivity index (χ4n) is 5.04. The second-order valence-corrected chi connectivity index (χ2v) is 7.62. The van der Waals surface area contributed by atoms with Crippen LogP contribution in [0.2, 0.25) is 0 Å². The second-order valence-electron chi connectivity index (χ2n) is 7.62. The van der Waals surface area contributed by atoms with Crippen LogP contribution in [0.3, 0.4) is 0 Å². The van der Waals surface area contributed by atoms with E-state index in [1.54, 1.807) is 6.07 Å². The molecule has 0 amide bonds. The van der Waals surface area contributed by atoms with Gasteiger partial charge in [-0.05, 0) is 56.7 Å². The number of hydrogen-bond donors (Lipinski definition) is 1. The van der Waals surface area contributed by atoms with Crippen molar-refractivity contribution in [2.75, 3.05) is 4.90 Å². The van der Waals surface area contributed by atoms with Crippen molar-refractivity contribution >= 4 is 11.7 Å². The first-order valence-corrected chi connectivity index (χ1v) is 9.15. The third kappa shape index (κ3) is 3.11. The first kappa shape index (κ1) is 16.4. The maximum absolute atomic E-state index is 11.3. The van der Waals surface area contributed by atoms with Crippen LogP contribution in [0, 0.1) is 5.41 Å². The largest absolute Gasteiger partial charge is 0.478 e. The summed E-state index contributed by atoms with van der Waals surface area (Å²) in [5, 5.41) is 9.28. The molecule has 2 unspecified atom stereocenters. The summed E-state index contributed by atoms with van der Waals surface area (Å²) >= 11 is 0. The lowest BCUT2D eigenvalue weighted by molar-refractivity contribution is 0.0697. The first-order chi connectivity index (χ1) is 11.0. The van der Waals surface area contributed by atoms with Crippen molar-refractivity contribution in [3.8, 4) is 0 Å². The van der Waals surface area contributed by atoms with Crippen molar-refractivity contribution in [1.82, 2.24) is 0 Å². The van der Waals surface area contributed by atoms with Crippen molar-refractivity contribution in [3.05, 3.63) is 29.8 Å². The topological polar surface area (TPSA) is 40.5 Å². The molecule has 1 aliphatic heterocycles. The zero-order valence-electron chi connectivity index (χ0n) is 14.4. The summed E-state index contributed by atoms with van der Waals surface area (Å²) in [7, 11) is 0. The molecule has 2 aliphatic rings. The van der Waals surface area contributed by atoms with Gasteiger partial charge in [0.1, 0.15) is 0 Å². The van der Waals surface area contributed by atoms with Gasteiger partial charge >= 0.3 is 5.97 Å². The summed E-state index contributed by atoms with van der Waals surface area (Å²) in [6.07, 6.45) is 10.7. The predicted octanol–water partition coefficient (Wildman–Crippen LogP) is 5.10. The van der Waals surface area contributed by atoms with E-state index in [0.29, 0.717) is 23.1 Å². The van der Waals surface area contributed by atoms with E-state index in [4.69, 9.17) is 0 Å². The van der Waals surface area contributed by atoms with Gasteiger partial charge in [0, 0.05) is 17.8 Å². The Morgan fingerprint density at radius 2 is 1.78 bits per heavy atom. The van der Waals surface area contributed by atoms with Crippen LogP contribution in [0.15, 0.2) is 24.3 Å². The van der Waals surface area contributed by atoms with Gasteiger partial charge in [-0.3, -0.25) is 0 Å². The van der Waals surface area contributed by atoms with Crippen LogP contribution >= 0.6 is 0 Å². The number of rotatable bonds is 2. The van der Waals surface area contributed by atoms with Gasteiger partial charge in [0.2, 0.25) is 0 Å². The van der Waals surface area contributed by atoms with Gasteiger partial charge in [-0.15, -0.1) is 0 Å². The average molecular weight is 315 g/mol. The van der Waals surface area contributed by atoms with E-state index >= 15 is 0 Å². The first-order valence-electron chi connectivity index (χ1n) is 9.15. The van der Waals surface area contributed by atoms with Crippen LogP contribution in [0.1, 0.15) is 75.6 Å². The molecule has 3 heteroatoms. The monoisotopic (exact) mass is 315 g/mol. The van der Waals surface area contributed by atoms with E-state index in [2.05, 4.69) is 24.8 Å².